The molecule has 16 heavy (non-hydrogen) atoms. The van der Waals surface area contributed by atoms with E-state index in [4.69, 9.17) is 0 Å². The Hall–Kier alpha value is -2.02. The fourth-order valence-corrected chi connectivity index (χ4v) is 2.72. The lowest BCUT2D eigenvalue weighted by Crippen LogP contribution is -1.88. The van der Waals surface area contributed by atoms with Crippen LogP contribution in [0.5, 0.6) is 0 Å². The SMILES string of the molecule is c1ccc2c(c1)cc1c3c(cccc32)CN1. The minimum absolute atomic E-state index is 0.961. The van der Waals surface area contributed by atoms with Crippen molar-refractivity contribution in [3.05, 3.63) is 54.1 Å². The van der Waals surface area contributed by atoms with E-state index in [-0.39, 0.29) is 0 Å². The van der Waals surface area contributed by atoms with Crippen LogP contribution in [0, 0.1) is 0 Å². The Kier molecular flexibility index (Phi) is 1.41. The first kappa shape index (κ1) is 8.17. The Morgan fingerprint density at radius 3 is 2.75 bits per heavy atom. The van der Waals surface area contributed by atoms with Crippen molar-refractivity contribution in [2.24, 2.45) is 0 Å². The average molecular weight is 205 g/mol. The van der Waals surface area contributed by atoms with Crippen molar-refractivity contribution in [3.8, 4) is 0 Å². The predicted octanol–water partition coefficient (Wildman–Crippen LogP) is 3.92. The highest BCUT2D eigenvalue weighted by Gasteiger charge is 2.14. The Balaban J connectivity index is 2.36. The monoisotopic (exact) mass is 205 g/mol. The van der Waals surface area contributed by atoms with Crippen LogP contribution in [0.3, 0.4) is 0 Å². The topological polar surface area (TPSA) is 12.0 Å². The second-order valence-corrected chi connectivity index (χ2v) is 4.34. The normalized spacial score (nSPS) is 13.2. The first-order valence-electron chi connectivity index (χ1n) is 5.61. The zero-order valence-corrected chi connectivity index (χ0v) is 8.83. The summed E-state index contributed by atoms with van der Waals surface area (Å²) in [5.41, 5.74) is 2.70. The highest BCUT2D eigenvalue weighted by molar-refractivity contribution is 6.15. The van der Waals surface area contributed by atoms with Gasteiger partial charge in [0.1, 0.15) is 0 Å². The van der Waals surface area contributed by atoms with Crippen LogP contribution < -0.4 is 5.32 Å². The minimum atomic E-state index is 0.961. The number of fused-ring (bicyclic) bond motifs is 2. The third-order valence-corrected chi connectivity index (χ3v) is 3.44. The fraction of sp³-hybridized carbons (Fsp3) is 0.0667. The maximum atomic E-state index is 3.47. The quantitative estimate of drug-likeness (QED) is 0.548. The molecule has 0 saturated heterocycles. The molecule has 0 radical (unpaired) electrons. The number of hydrogen-bond acceptors (Lipinski definition) is 1. The summed E-state index contributed by atoms with van der Waals surface area (Å²) in [7, 11) is 0. The van der Waals surface area contributed by atoms with Gasteiger partial charge in [-0.3, -0.25) is 0 Å². The number of nitrogens with one attached hydrogen (secondary N) is 1. The van der Waals surface area contributed by atoms with Gasteiger partial charge in [0.15, 0.2) is 0 Å². The highest BCUT2D eigenvalue weighted by Crippen LogP contribution is 2.37. The summed E-state index contributed by atoms with van der Waals surface area (Å²) in [6.07, 6.45) is 0. The molecule has 1 nitrogen and oxygen atoms in total. The number of rotatable bonds is 0. The molecule has 0 unspecified atom stereocenters. The van der Waals surface area contributed by atoms with Gasteiger partial charge < -0.3 is 5.32 Å². The molecule has 0 atom stereocenters. The maximum absolute atomic E-state index is 3.47. The van der Waals surface area contributed by atoms with Gasteiger partial charge in [0, 0.05) is 17.6 Å². The third-order valence-electron chi connectivity index (χ3n) is 3.44. The van der Waals surface area contributed by atoms with Crippen LogP contribution in [0.1, 0.15) is 5.56 Å². The fourth-order valence-electron chi connectivity index (χ4n) is 2.72. The summed E-state index contributed by atoms with van der Waals surface area (Å²) in [6.45, 7) is 0.961. The molecule has 0 spiro atoms. The predicted molar refractivity (Wildman–Crippen MR) is 68.8 cm³/mol. The second kappa shape index (κ2) is 2.76. The van der Waals surface area contributed by atoms with Gasteiger partial charge in [-0.1, -0.05) is 42.5 Å². The summed E-state index contributed by atoms with van der Waals surface area (Å²) >= 11 is 0. The van der Waals surface area contributed by atoms with Crippen molar-refractivity contribution in [1.82, 2.24) is 0 Å². The van der Waals surface area contributed by atoms with Gasteiger partial charge in [-0.25, -0.2) is 0 Å². The van der Waals surface area contributed by atoms with Gasteiger partial charge in [-0.2, -0.15) is 0 Å². The molecule has 1 N–H and O–H groups in total. The van der Waals surface area contributed by atoms with E-state index >= 15 is 0 Å². The van der Waals surface area contributed by atoms with Gasteiger partial charge in [0.25, 0.3) is 0 Å². The molecule has 1 aliphatic rings. The number of anilines is 1. The van der Waals surface area contributed by atoms with Crippen molar-refractivity contribution < 1.29 is 0 Å². The summed E-state index contributed by atoms with van der Waals surface area (Å²) in [6, 6.07) is 17.4. The Morgan fingerprint density at radius 2 is 1.75 bits per heavy atom. The summed E-state index contributed by atoms with van der Waals surface area (Å²) in [5.74, 6) is 0. The lowest BCUT2D eigenvalue weighted by atomic mass is 9.99. The Labute approximate surface area is 93.7 Å². The first-order chi connectivity index (χ1) is 7.93. The van der Waals surface area contributed by atoms with E-state index in [0.717, 1.165) is 6.54 Å². The van der Waals surface area contributed by atoms with Crippen LogP contribution in [0.2, 0.25) is 0 Å². The molecule has 76 valence electrons. The zero-order valence-electron chi connectivity index (χ0n) is 8.83. The van der Waals surface area contributed by atoms with E-state index < -0.39 is 0 Å². The van der Waals surface area contributed by atoms with E-state index in [0.29, 0.717) is 0 Å². The molecule has 0 saturated carbocycles. The molecule has 3 aromatic rings. The lowest BCUT2D eigenvalue weighted by Gasteiger charge is -2.05. The molecule has 0 bridgehead atoms. The summed E-state index contributed by atoms with van der Waals surface area (Å²) in [4.78, 5) is 0. The molecular weight excluding hydrogens is 194 g/mol. The molecule has 1 aliphatic heterocycles. The van der Waals surface area contributed by atoms with Gasteiger partial charge in [0.05, 0.1) is 0 Å². The van der Waals surface area contributed by atoms with Crippen molar-refractivity contribution >= 4 is 27.2 Å². The van der Waals surface area contributed by atoms with Crippen LogP contribution in [0.25, 0.3) is 21.5 Å². The molecule has 0 fully saturated rings. The smallest absolute Gasteiger partial charge is 0.0432 e. The zero-order chi connectivity index (χ0) is 10.5. The Bertz CT molecular complexity index is 713. The van der Waals surface area contributed by atoms with Crippen LogP contribution in [0.15, 0.2) is 48.5 Å². The van der Waals surface area contributed by atoms with E-state index in [2.05, 4.69) is 53.8 Å². The molecule has 0 aliphatic carbocycles. The van der Waals surface area contributed by atoms with Gasteiger partial charge >= 0.3 is 0 Å². The Morgan fingerprint density at radius 1 is 0.875 bits per heavy atom. The highest BCUT2D eigenvalue weighted by atomic mass is 14.9. The summed E-state index contributed by atoms with van der Waals surface area (Å²) in [5, 5.41) is 8.91. The maximum Gasteiger partial charge on any atom is 0.0432 e. The van der Waals surface area contributed by atoms with Crippen molar-refractivity contribution in [1.29, 1.82) is 0 Å². The van der Waals surface area contributed by atoms with Crippen LogP contribution in [0.4, 0.5) is 5.69 Å². The summed E-state index contributed by atoms with van der Waals surface area (Å²) < 4.78 is 0. The molecule has 0 aromatic heterocycles. The molecule has 0 amide bonds. The molecular formula is C15H11N. The minimum Gasteiger partial charge on any atom is -0.380 e. The van der Waals surface area contributed by atoms with E-state index in [1.807, 2.05) is 0 Å². The van der Waals surface area contributed by atoms with Crippen molar-refractivity contribution in [2.45, 2.75) is 6.54 Å². The lowest BCUT2D eigenvalue weighted by molar-refractivity contribution is 1.22. The van der Waals surface area contributed by atoms with Crippen LogP contribution in [-0.2, 0) is 6.54 Å². The molecule has 1 heterocycles. The standard InChI is InChI=1S/C15H11N/c1-2-6-12-10(4-1)8-14-15-11(9-16-14)5-3-7-13(12)15/h1-8,16H,9H2. The van der Waals surface area contributed by atoms with Crippen LogP contribution >= 0.6 is 0 Å². The third kappa shape index (κ3) is 0.904. The second-order valence-electron chi connectivity index (χ2n) is 4.34. The van der Waals surface area contributed by atoms with Crippen molar-refractivity contribution in [2.75, 3.05) is 5.32 Å². The van der Waals surface area contributed by atoms with Gasteiger partial charge in [-0.15, -0.1) is 0 Å². The largest absolute Gasteiger partial charge is 0.380 e. The molecule has 1 heteroatoms. The van der Waals surface area contributed by atoms with Crippen LogP contribution in [-0.4, -0.2) is 0 Å². The van der Waals surface area contributed by atoms with E-state index in [1.54, 1.807) is 0 Å². The molecule has 4 rings (SSSR count). The number of benzene rings is 3. The first-order valence-corrected chi connectivity index (χ1v) is 5.61. The van der Waals surface area contributed by atoms with Gasteiger partial charge in [-0.05, 0) is 27.8 Å². The van der Waals surface area contributed by atoms with Crippen molar-refractivity contribution in [3.63, 3.8) is 0 Å². The molecule has 3 aromatic carbocycles. The number of hydrogen-bond donors (Lipinski definition) is 1. The van der Waals surface area contributed by atoms with E-state index in [9.17, 15) is 0 Å². The van der Waals surface area contributed by atoms with E-state index in [1.165, 1.54) is 32.8 Å². The van der Waals surface area contributed by atoms with Gasteiger partial charge in [0.2, 0.25) is 0 Å². The average Bonchev–Trinajstić information content (AvgIpc) is 2.75.